The average molecular weight is 404 g/mol. The molecule has 0 atom stereocenters. The molecule has 2 aromatic carbocycles. The fourth-order valence-corrected chi connectivity index (χ4v) is 2.89. The Morgan fingerprint density at radius 2 is 2.12 bits per heavy atom. The highest BCUT2D eigenvalue weighted by atomic mass is 79.9. The summed E-state index contributed by atoms with van der Waals surface area (Å²) in [6.45, 7) is 1.42. The Morgan fingerprint density at radius 1 is 1.28 bits per heavy atom. The molecule has 0 bridgehead atoms. The van der Waals surface area contributed by atoms with Crippen LogP contribution in [0.5, 0.6) is 17.2 Å². The third kappa shape index (κ3) is 4.33. The van der Waals surface area contributed by atoms with Crippen molar-refractivity contribution in [2.45, 2.75) is 6.54 Å². The number of para-hydroxylation sites is 1. The largest absolute Gasteiger partial charge is 0.496 e. The average Bonchev–Trinajstić information content (AvgIpc) is 2.64. The lowest BCUT2D eigenvalue weighted by atomic mass is 10.1. The zero-order valence-corrected chi connectivity index (χ0v) is 15.3. The molecule has 1 amide bonds. The van der Waals surface area contributed by atoms with Crippen molar-refractivity contribution in [2.75, 3.05) is 20.3 Å². The van der Waals surface area contributed by atoms with Crippen LogP contribution in [0.4, 0.5) is 0 Å². The molecule has 0 saturated carbocycles. The highest BCUT2D eigenvalue weighted by Crippen LogP contribution is 2.33. The summed E-state index contributed by atoms with van der Waals surface area (Å²) in [5.74, 6) is 1.92. The minimum Gasteiger partial charge on any atom is -0.496 e. The summed E-state index contributed by atoms with van der Waals surface area (Å²) in [4.78, 5) is 12.1. The van der Waals surface area contributed by atoms with Gasteiger partial charge in [0, 0.05) is 28.2 Å². The maximum atomic E-state index is 12.1. The number of amides is 1. The van der Waals surface area contributed by atoms with Crippen molar-refractivity contribution < 1.29 is 19.0 Å². The molecule has 0 radical (unpaired) electrons. The summed E-state index contributed by atoms with van der Waals surface area (Å²) in [5, 5.41) is 2.86. The second-order valence-electron chi connectivity index (χ2n) is 5.38. The smallest absolute Gasteiger partial charge is 0.244 e. The Bertz CT molecular complexity index is 804. The Hall–Kier alpha value is -2.47. The lowest BCUT2D eigenvalue weighted by molar-refractivity contribution is -0.116. The van der Waals surface area contributed by atoms with Gasteiger partial charge < -0.3 is 19.5 Å². The third-order valence-electron chi connectivity index (χ3n) is 3.71. The van der Waals surface area contributed by atoms with Gasteiger partial charge in [0.2, 0.25) is 5.91 Å². The second-order valence-corrected chi connectivity index (χ2v) is 6.29. The summed E-state index contributed by atoms with van der Waals surface area (Å²) in [7, 11) is 1.60. The van der Waals surface area contributed by atoms with Gasteiger partial charge in [-0.3, -0.25) is 4.79 Å². The van der Waals surface area contributed by atoms with Gasteiger partial charge in [0.05, 0.1) is 7.11 Å². The number of fused-ring (bicyclic) bond motifs is 1. The fraction of sp³-hybridized carbons (Fsp3) is 0.211. The van der Waals surface area contributed by atoms with Gasteiger partial charge in [-0.15, -0.1) is 0 Å². The lowest BCUT2D eigenvalue weighted by Crippen LogP contribution is -2.22. The van der Waals surface area contributed by atoms with Crippen molar-refractivity contribution in [2.24, 2.45) is 0 Å². The second kappa shape index (κ2) is 8.07. The molecule has 5 nitrogen and oxygen atoms in total. The molecule has 1 heterocycles. The molecule has 1 N–H and O–H groups in total. The standard InChI is InChI=1S/C19H18BrNO4/c1-23-16-7-6-15(20)11-13(16)5-8-18(22)21-12-14-3-2-4-17-19(14)25-10-9-24-17/h2-8,11H,9-10,12H2,1H3,(H,21,22)/b8-5+. The van der Waals surface area contributed by atoms with Crippen LogP contribution in [0.3, 0.4) is 0 Å². The van der Waals surface area contributed by atoms with Crippen molar-refractivity contribution in [1.82, 2.24) is 5.32 Å². The molecule has 0 aliphatic carbocycles. The van der Waals surface area contributed by atoms with E-state index in [1.54, 1.807) is 13.2 Å². The van der Waals surface area contributed by atoms with Crippen LogP contribution in [-0.2, 0) is 11.3 Å². The molecule has 130 valence electrons. The van der Waals surface area contributed by atoms with Crippen molar-refractivity contribution in [3.63, 3.8) is 0 Å². The first kappa shape index (κ1) is 17.4. The van der Waals surface area contributed by atoms with Crippen molar-refractivity contribution in [3.8, 4) is 17.2 Å². The topological polar surface area (TPSA) is 56.8 Å². The van der Waals surface area contributed by atoms with Crippen molar-refractivity contribution >= 4 is 27.9 Å². The number of benzene rings is 2. The minimum atomic E-state index is -0.198. The van der Waals surface area contributed by atoms with E-state index in [2.05, 4.69) is 21.2 Å². The number of carbonyl (C=O) groups excluding carboxylic acids is 1. The first-order chi connectivity index (χ1) is 12.2. The van der Waals surface area contributed by atoms with Gasteiger partial charge in [0.15, 0.2) is 11.5 Å². The number of methoxy groups -OCH3 is 1. The molecule has 0 fully saturated rings. The van der Waals surface area contributed by atoms with Gasteiger partial charge >= 0.3 is 0 Å². The van der Waals surface area contributed by atoms with Crippen LogP contribution in [0.25, 0.3) is 6.08 Å². The van der Waals surface area contributed by atoms with E-state index in [0.717, 1.165) is 15.6 Å². The monoisotopic (exact) mass is 403 g/mol. The lowest BCUT2D eigenvalue weighted by Gasteiger charge is -2.20. The molecule has 25 heavy (non-hydrogen) atoms. The molecule has 6 heteroatoms. The van der Waals surface area contributed by atoms with E-state index in [0.29, 0.717) is 37.0 Å². The molecule has 0 unspecified atom stereocenters. The van der Waals surface area contributed by atoms with E-state index in [1.807, 2.05) is 36.4 Å². The number of nitrogens with one attached hydrogen (secondary N) is 1. The molecule has 1 aliphatic heterocycles. The number of hydrogen-bond donors (Lipinski definition) is 1. The van der Waals surface area contributed by atoms with Crippen LogP contribution in [0.1, 0.15) is 11.1 Å². The Kier molecular flexibility index (Phi) is 5.60. The fourth-order valence-electron chi connectivity index (χ4n) is 2.52. The maximum Gasteiger partial charge on any atom is 0.244 e. The number of ether oxygens (including phenoxy) is 3. The Balaban J connectivity index is 1.65. The zero-order valence-electron chi connectivity index (χ0n) is 13.8. The van der Waals surface area contributed by atoms with Crippen LogP contribution in [0.2, 0.25) is 0 Å². The predicted octanol–water partition coefficient (Wildman–Crippen LogP) is 3.56. The van der Waals surface area contributed by atoms with Gasteiger partial charge in [0.25, 0.3) is 0 Å². The minimum absolute atomic E-state index is 0.198. The number of halogens is 1. The highest BCUT2D eigenvalue weighted by molar-refractivity contribution is 9.10. The van der Waals surface area contributed by atoms with Crippen molar-refractivity contribution in [3.05, 3.63) is 58.1 Å². The molecule has 2 aromatic rings. The van der Waals surface area contributed by atoms with E-state index in [-0.39, 0.29) is 5.91 Å². The highest BCUT2D eigenvalue weighted by Gasteiger charge is 2.15. The molecule has 0 saturated heterocycles. The van der Waals surface area contributed by atoms with Gasteiger partial charge in [-0.1, -0.05) is 28.1 Å². The van der Waals surface area contributed by atoms with Crippen LogP contribution >= 0.6 is 15.9 Å². The van der Waals surface area contributed by atoms with Gasteiger partial charge in [-0.25, -0.2) is 0 Å². The van der Waals surface area contributed by atoms with E-state index < -0.39 is 0 Å². The molecule has 0 spiro atoms. The quantitative estimate of drug-likeness (QED) is 0.775. The maximum absolute atomic E-state index is 12.1. The van der Waals surface area contributed by atoms with Crippen molar-refractivity contribution in [1.29, 1.82) is 0 Å². The number of hydrogen-bond acceptors (Lipinski definition) is 4. The Labute approximate surface area is 154 Å². The van der Waals surface area contributed by atoms with E-state index in [1.165, 1.54) is 6.08 Å². The van der Waals surface area contributed by atoms with Gasteiger partial charge in [-0.2, -0.15) is 0 Å². The summed E-state index contributed by atoms with van der Waals surface area (Å²) < 4.78 is 17.4. The Morgan fingerprint density at radius 3 is 2.96 bits per heavy atom. The van der Waals surface area contributed by atoms with Gasteiger partial charge in [0.1, 0.15) is 19.0 Å². The number of carbonyl (C=O) groups is 1. The van der Waals surface area contributed by atoms with E-state index in [9.17, 15) is 4.79 Å². The predicted molar refractivity (Wildman–Crippen MR) is 99.0 cm³/mol. The van der Waals surface area contributed by atoms with Gasteiger partial charge in [-0.05, 0) is 30.3 Å². The zero-order chi connectivity index (χ0) is 17.6. The first-order valence-electron chi connectivity index (χ1n) is 7.84. The van der Waals surface area contributed by atoms with Crippen LogP contribution in [-0.4, -0.2) is 26.2 Å². The molecular formula is C19H18BrNO4. The SMILES string of the molecule is COc1ccc(Br)cc1/C=C/C(=O)NCc1cccc2c1OCCO2. The molecule has 3 rings (SSSR count). The first-order valence-corrected chi connectivity index (χ1v) is 8.63. The van der Waals surface area contributed by atoms with Crippen LogP contribution < -0.4 is 19.5 Å². The summed E-state index contributed by atoms with van der Waals surface area (Å²) in [5.41, 5.74) is 1.71. The number of rotatable bonds is 5. The van der Waals surface area contributed by atoms with E-state index in [4.69, 9.17) is 14.2 Å². The molecule has 0 aromatic heterocycles. The molecule has 1 aliphatic rings. The van der Waals surface area contributed by atoms with Crippen LogP contribution in [0.15, 0.2) is 46.9 Å². The third-order valence-corrected chi connectivity index (χ3v) is 4.20. The summed E-state index contributed by atoms with van der Waals surface area (Å²) in [6.07, 6.45) is 3.20. The summed E-state index contributed by atoms with van der Waals surface area (Å²) >= 11 is 3.41. The molecular weight excluding hydrogens is 386 g/mol. The van der Waals surface area contributed by atoms with E-state index >= 15 is 0 Å². The van der Waals surface area contributed by atoms with Crippen LogP contribution in [0, 0.1) is 0 Å². The summed E-state index contributed by atoms with van der Waals surface area (Å²) in [6, 6.07) is 11.3. The normalized spacial score (nSPS) is 12.9.